The fraction of sp³-hybridized carbons (Fsp3) is 0.417. The molecule has 0 aliphatic carbocycles. The number of morpholine rings is 1. The van der Waals surface area contributed by atoms with Crippen LogP contribution in [0.2, 0.25) is 10.0 Å². The Morgan fingerprint density at radius 2 is 2.18 bits per heavy atom. The first kappa shape index (κ1) is 12.7. The largest absolute Gasteiger partial charge is 0.375 e. The van der Waals surface area contributed by atoms with Crippen LogP contribution in [0.5, 0.6) is 0 Å². The van der Waals surface area contributed by atoms with Gasteiger partial charge in [-0.15, -0.1) is 0 Å². The monoisotopic (exact) mass is 273 g/mol. The lowest BCUT2D eigenvalue weighted by atomic mass is 10.2. The molecule has 17 heavy (non-hydrogen) atoms. The van der Waals surface area contributed by atoms with Crippen LogP contribution in [-0.2, 0) is 4.74 Å². The van der Waals surface area contributed by atoms with Crippen LogP contribution < -0.4 is 0 Å². The van der Waals surface area contributed by atoms with Gasteiger partial charge in [0.15, 0.2) is 0 Å². The van der Waals surface area contributed by atoms with Crippen molar-refractivity contribution in [3.63, 3.8) is 0 Å². The standard InChI is InChI=1S/C12H13Cl2NO2/c1-8-7-15(4-5-17-8)12(16)9-2-3-10(13)11(14)6-9/h2-3,6,8H,4-5,7H2,1H3/t8-/m0/s1. The van der Waals surface area contributed by atoms with Gasteiger partial charge < -0.3 is 9.64 Å². The Morgan fingerprint density at radius 3 is 2.82 bits per heavy atom. The first-order chi connectivity index (χ1) is 8.08. The molecule has 1 saturated heterocycles. The van der Waals surface area contributed by atoms with Gasteiger partial charge in [0.1, 0.15) is 0 Å². The second-order valence-electron chi connectivity index (χ2n) is 4.06. The number of halogens is 2. The summed E-state index contributed by atoms with van der Waals surface area (Å²) in [5, 5.41) is 0.859. The van der Waals surface area contributed by atoms with Gasteiger partial charge in [-0.05, 0) is 25.1 Å². The molecule has 0 saturated carbocycles. The van der Waals surface area contributed by atoms with Crippen LogP contribution >= 0.6 is 23.2 Å². The Labute approximate surface area is 110 Å². The van der Waals surface area contributed by atoms with Gasteiger partial charge in [-0.2, -0.15) is 0 Å². The number of nitrogens with zero attached hydrogens (tertiary/aromatic N) is 1. The minimum absolute atomic E-state index is 0.0290. The number of carbonyl (C=O) groups excluding carboxylic acids is 1. The number of benzene rings is 1. The number of amides is 1. The summed E-state index contributed by atoms with van der Waals surface area (Å²) in [5.41, 5.74) is 0.563. The maximum absolute atomic E-state index is 12.2. The van der Waals surface area contributed by atoms with Crippen LogP contribution in [0.15, 0.2) is 18.2 Å². The number of ether oxygens (including phenoxy) is 1. The average molecular weight is 274 g/mol. The molecule has 0 bridgehead atoms. The van der Waals surface area contributed by atoms with Gasteiger partial charge in [-0.1, -0.05) is 23.2 Å². The molecule has 1 heterocycles. The third-order valence-corrected chi connectivity index (χ3v) is 3.43. The zero-order valence-electron chi connectivity index (χ0n) is 9.45. The van der Waals surface area contributed by atoms with E-state index in [1.54, 1.807) is 23.1 Å². The van der Waals surface area contributed by atoms with E-state index < -0.39 is 0 Å². The fourth-order valence-electron chi connectivity index (χ4n) is 1.81. The zero-order valence-corrected chi connectivity index (χ0v) is 11.0. The summed E-state index contributed by atoms with van der Waals surface area (Å²) in [6.45, 7) is 3.75. The van der Waals surface area contributed by atoms with E-state index in [4.69, 9.17) is 27.9 Å². The lowest BCUT2D eigenvalue weighted by molar-refractivity contribution is -0.0124. The van der Waals surface area contributed by atoms with E-state index >= 15 is 0 Å². The van der Waals surface area contributed by atoms with Crippen molar-refractivity contribution >= 4 is 29.1 Å². The van der Waals surface area contributed by atoms with E-state index in [-0.39, 0.29) is 12.0 Å². The quantitative estimate of drug-likeness (QED) is 0.788. The van der Waals surface area contributed by atoms with Crippen LogP contribution in [0.25, 0.3) is 0 Å². The molecule has 3 nitrogen and oxygen atoms in total. The normalized spacial score (nSPS) is 20.4. The summed E-state index contributed by atoms with van der Waals surface area (Å²) in [6.07, 6.45) is 0.0791. The van der Waals surface area contributed by atoms with Crippen LogP contribution in [0, 0.1) is 0 Å². The van der Waals surface area contributed by atoms with Gasteiger partial charge in [0.25, 0.3) is 5.91 Å². The van der Waals surface area contributed by atoms with Gasteiger partial charge in [0.2, 0.25) is 0 Å². The molecule has 1 aliphatic heterocycles. The SMILES string of the molecule is C[C@H]1CN(C(=O)c2ccc(Cl)c(Cl)c2)CCO1. The highest BCUT2D eigenvalue weighted by Gasteiger charge is 2.22. The summed E-state index contributed by atoms with van der Waals surface area (Å²) < 4.78 is 5.40. The molecule has 5 heteroatoms. The molecule has 0 radical (unpaired) electrons. The topological polar surface area (TPSA) is 29.5 Å². The molecule has 0 aromatic heterocycles. The van der Waals surface area contributed by atoms with E-state index in [1.807, 2.05) is 6.92 Å². The Bertz CT molecular complexity index is 437. The van der Waals surface area contributed by atoms with Crippen molar-refractivity contribution in [2.75, 3.05) is 19.7 Å². The molecule has 0 unspecified atom stereocenters. The van der Waals surface area contributed by atoms with Crippen molar-refractivity contribution < 1.29 is 9.53 Å². The molecular weight excluding hydrogens is 261 g/mol. The van der Waals surface area contributed by atoms with E-state index in [1.165, 1.54) is 0 Å². The van der Waals surface area contributed by atoms with Crippen LogP contribution in [0.4, 0.5) is 0 Å². The summed E-state index contributed by atoms with van der Waals surface area (Å²) in [5.74, 6) is -0.0290. The van der Waals surface area contributed by atoms with Crippen molar-refractivity contribution in [3.8, 4) is 0 Å². The van der Waals surface area contributed by atoms with E-state index in [0.29, 0.717) is 35.3 Å². The molecule has 1 amide bonds. The number of hydrogen-bond donors (Lipinski definition) is 0. The highest BCUT2D eigenvalue weighted by atomic mass is 35.5. The highest BCUT2D eigenvalue weighted by molar-refractivity contribution is 6.42. The lowest BCUT2D eigenvalue weighted by Crippen LogP contribution is -2.44. The average Bonchev–Trinajstić information content (AvgIpc) is 2.32. The van der Waals surface area contributed by atoms with Gasteiger partial charge in [0.05, 0.1) is 22.8 Å². The third kappa shape index (κ3) is 2.92. The van der Waals surface area contributed by atoms with E-state index in [0.717, 1.165) is 0 Å². The van der Waals surface area contributed by atoms with E-state index in [9.17, 15) is 4.79 Å². The summed E-state index contributed by atoms with van der Waals surface area (Å²) >= 11 is 11.7. The highest BCUT2D eigenvalue weighted by Crippen LogP contribution is 2.23. The minimum atomic E-state index is -0.0290. The maximum Gasteiger partial charge on any atom is 0.254 e. The van der Waals surface area contributed by atoms with Crippen LogP contribution in [0.3, 0.4) is 0 Å². The van der Waals surface area contributed by atoms with Crippen molar-refractivity contribution in [3.05, 3.63) is 33.8 Å². The maximum atomic E-state index is 12.2. The first-order valence-corrected chi connectivity index (χ1v) is 6.19. The minimum Gasteiger partial charge on any atom is -0.375 e. The molecule has 1 aromatic carbocycles. The van der Waals surface area contributed by atoms with Crippen molar-refractivity contribution in [2.45, 2.75) is 13.0 Å². The van der Waals surface area contributed by atoms with Gasteiger partial charge in [-0.3, -0.25) is 4.79 Å². The van der Waals surface area contributed by atoms with Gasteiger partial charge in [0, 0.05) is 18.7 Å². The Balaban J connectivity index is 2.15. The molecule has 1 aromatic rings. The summed E-state index contributed by atoms with van der Waals surface area (Å²) in [4.78, 5) is 13.9. The van der Waals surface area contributed by atoms with Gasteiger partial charge in [-0.25, -0.2) is 0 Å². The molecule has 2 rings (SSSR count). The smallest absolute Gasteiger partial charge is 0.254 e. The van der Waals surface area contributed by atoms with Crippen molar-refractivity contribution in [1.82, 2.24) is 4.90 Å². The van der Waals surface area contributed by atoms with Crippen molar-refractivity contribution in [2.24, 2.45) is 0 Å². The molecule has 0 spiro atoms. The van der Waals surface area contributed by atoms with Crippen LogP contribution in [0.1, 0.15) is 17.3 Å². The molecular formula is C12H13Cl2NO2. The predicted molar refractivity (Wildman–Crippen MR) is 67.8 cm³/mol. The predicted octanol–water partition coefficient (Wildman–Crippen LogP) is 2.85. The van der Waals surface area contributed by atoms with Gasteiger partial charge >= 0.3 is 0 Å². The Morgan fingerprint density at radius 1 is 1.41 bits per heavy atom. The second-order valence-corrected chi connectivity index (χ2v) is 4.88. The molecule has 1 fully saturated rings. The zero-order chi connectivity index (χ0) is 12.4. The first-order valence-electron chi connectivity index (χ1n) is 5.44. The van der Waals surface area contributed by atoms with Crippen molar-refractivity contribution in [1.29, 1.82) is 0 Å². The summed E-state index contributed by atoms with van der Waals surface area (Å²) in [7, 11) is 0. The Kier molecular flexibility index (Phi) is 3.92. The molecule has 1 aliphatic rings. The van der Waals surface area contributed by atoms with Crippen LogP contribution in [-0.4, -0.2) is 36.6 Å². The number of hydrogen-bond acceptors (Lipinski definition) is 2. The number of rotatable bonds is 1. The second kappa shape index (κ2) is 5.25. The fourth-order valence-corrected chi connectivity index (χ4v) is 2.11. The third-order valence-electron chi connectivity index (χ3n) is 2.69. The molecule has 0 N–H and O–H groups in total. The molecule has 92 valence electrons. The molecule has 1 atom stereocenters. The Hall–Kier alpha value is -0.770. The lowest BCUT2D eigenvalue weighted by Gasteiger charge is -2.31. The summed E-state index contributed by atoms with van der Waals surface area (Å²) in [6, 6.07) is 4.93. The van der Waals surface area contributed by atoms with E-state index in [2.05, 4.69) is 0 Å². The number of carbonyl (C=O) groups is 1.